The highest BCUT2D eigenvalue weighted by Gasteiger charge is 2.53. The van der Waals surface area contributed by atoms with Crippen molar-refractivity contribution in [1.29, 1.82) is 0 Å². The first-order chi connectivity index (χ1) is 8.76. The Morgan fingerprint density at radius 2 is 2.00 bits per heavy atom. The van der Waals surface area contributed by atoms with Gasteiger partial charge in [-0.1, -0.05) is 30.3 Å². The molecule has 0 bridgehead atoms. The molecule has 1 aromatic carbocycles. The summed E-state index contributed by atoms with van der Waals surface area (Å²) in [6, 6.07) is 10.7. The minimum Gasteiger partial charge on any atom is -0.340 e. The van der Waals surface area contributed by atoms with Crippen LogP contribution in [0.15, 0.2) is 30.3 Å². The molecule has 1 atom stereocenters. The van der Waals surface area contributed by atoms with Crippen LogP contribution in [0.1, 0.15) is 24.8 Å². The summed E-state index contributed by atoms with van der Waals surface area (Å²) in [5.41, 5.74) is 1.01. The number of likely N-dealkylation sites (N-methyl/N-ethyl adjacent to an activating group) is 1. The summed E-state index contributed by atoms with van der Waals surface area (Å²) in [4.78, 5) is 14.7. The SMILES string of the molecule is CNC1CCN(C(=O)C2(c3ccccc3)CC2)C1.Cl. The first-order valence-electron chi connectivity index (χ1n) is 6.78. The predicted molar refractivity (Wildman–Crippen MR) is 78.6 cm³/mol. The zero-order valence-corrected chi connectivity index (χ0v) is 12.1. The lowest BCUT2D eigenvalue weighted by Gasteiger charge is -2.23. The largest absolute Gasteiger partial charge is 0.340 e. The third kappa shape index (κ3) is 2.49. The van der Waals surface area contributed by atoms with E-state index < -0.39 is 0 Å². The molecule has 4 heteroatoms. The van der Waals surface area contributed by atoms with Crippen molar-refractivity contribution in [3.63, 3.8) is 0 Å². The van der Waals surface area contributed by atoms with E-state index in [2.05, 4.69) is 17.4 Å². The van der Waals surface area contributed by atoms with Gasteiger partial charge >= 0.3 is 0 Å². The van der Waals surface area contributed by atoms with E-state index in [-0.39, 0.29) is 17.8 Å². The van der Waals surface area contributed by atoms with Crippen LogP contribution in [-0.2, 0) is 10.2 Å². The third-order valence-electron chi connectivity index (χ3n) is 4.37. The molecule has 1 aromatic rings. The van der Waals surface area contributed by atoms with Gasteiger partial charge in [0.25, 0.3) is 0 Å². The second-order valence-electron chi connectivity index (χ2n) is 5.47. The van der Waals surface area contributed by atoms with Crippen LogP contribution >= 0.6 is 12.4 Å². The number of amides is 1. The molecule has 1 saturated carbocycles. The highest BCUT2D eigenvalue weighted by molar-refractivity contribution is 5.91. The van der Waals surface area contributed by atoms with Gasteiger partial charge < -0.3 is 10.2 Å². The van der Waals surface area contributed by atoms with Crippen molar-refractivity contribution >= 4 is 18.3 Å². The van der Waals surface area contributed by atoms with Crippen LogP contribution < -0.4 is 5.32 Å². The molecule has 1 aliphatic carbocycles. The zero-order valence-electron chi connectivity index (χ0n) is 11.3. The lowest BCUT2D eigenvalue weighted by Crippen LogP contribution is -2.39. The van der Waals surface area contributed by atoms with Gasteiger partial charge in [-0.25, -0.2) is 0 Å². The topological polar surface area (TPSA) is 32.3 Å². The van der Waals surface area contributed by atoms with Crippen molar-refractivity contribution in [2.45, 2.75) is 30.7 Å². The molecule has 1 heterocycles. The summed E-state index contributed by atoms with van der Waals surface area (Å²) < 4.78 is 0. The van der Waals surface area contributed by atoms with Gasteiger partial charge in [0.05, 0.1) is 5.41 Å². The molecule has 3 nitrogen and oxygen atoms in total. The first kappa shape index (κ1) is 14.4. The van der Waals surface area contributed by atoms with Crippen molar-refractivity contribution in [2.75, 3.05) is 20.1 Å². The predicted octanol–water partition coefficient (Wildman–Crippen LogP) is 1.96. The molecule has 1 amide bonds. The van der Waals surface area contributed by atoms with Crippen molar-refractivity contribution in [3.05, 3.63) is 35.9 Å². The van der Waals surface area contributed by atoms with Gasteiger partial charge in [-0.2, -0.15) is 0 Å². The van der Waals surface area contributed by atoms with Crippen molar-refractivity contribution in [1.82, 2.24) is 10.2 Å². The number of nitrogens with zero attached hydrogens (tertiary/aromatic N) is 1. The maximum Gasteiger partial charge on any atom is 0.233 e. The minimum absolute atomic E-state index is 0. The summed E-state index contributed by atoms with van der Waals surface area (Å²) in [5.74, 6) is 0.339. The number of rotatable bonds is 3. The van der Waals surface area contributed by atoms with E-state index in [9.17, 15) is 4.79 Å². The number of likely N-dealkylation sites (tertiary alicyclic amines) is 1. The summed E-state index contributed by atoms with van der Waals surface area (Å²) in [6.45, 7) is 1.77. The molecule has 1 aliphatic heterocycles. The van der Waals surface area contributed by atoms with Gasteiger partial charge in [0.2, 0.25) is 5.91 Å². The Kier molecular flexibility index (Phi) is 4.16. The van der Waals surface area contributed by atoms with E-state index in [0.717, 1.165) is 32.4 Å². The van der Waals surface area contributed by atoms with E-state index in [1.807, 2.05) is 30.1 Å². The normalized spacial score (nSPS) is 23.8. The fraction of sp³-hybridized carbons (Fsp3) is 0.533. The van der Waals surface area contributed by atoms with Crippen LogP contribution in [0.25, 0.3) is 0 Å². The van der Waals surface area contributed by atoms with E-state index >= 15 is 0 Å². The number of hydrogen-bond acceptors (Lipinski definition) is 2. The average molecular weight is 281 g/mol. The number of carbonyl (C=O) groups is 1. The van der Waals surface area contributed by atoms with Gasteiger partial charge in [-0.15, -0.1) is 12.4 Å². The van der Waals surface area contributed by atoms with E-state index in [0.29, 0.717) is 11.9 Å². The van der Waals surface area contributed by atoms with E-state index in [1.54, 1.807) is 0 Å². The van der Waals surface area contributed by atoms with Crippen LogP contribution in [0.2, 0.25) is 0 Å². The molecule has 104 valence electrons. The summed E-state index contributed by atoms with van der Waals surface area (Å²) in [7, 11) is 1.97. The standard InChI is InChI=1S/C15H20N2O.ClH/c1-16-13-7-10-17(11-13)14(18)15(8-9-15)12-5-3-2-4-6-12;/h2-6,13,16H,7-11H2,1H3;1H. The second-order valence-corrected chi connectivity index (χ2v) is 5.47. The minimum atomic E-state index is -0.191. The fourth-order valence-electron chi connectivity index (χ4n) is 2.99. The quantitative estimate of drug-likeness (QED) is 0.918. The maximum absolute atomic E-state index is 12.7. The molecule has 1 saturated heterocycles. The van der Waals surface area contributed by atoms with Crippen LogP contribution in [-0.4, -0.2) is 37.0 Å². The molecule has 1 N–H and O–H groups in total. The number of carbonyl (C=O) groups excluding carboxylic acids is 1. The van der Waals surface area contributed by atoms with Crippen LogP contribution in [0.3, 0.4) is 0 Å². The number of halogens is 1. The number of nitrogens with one attached hydrogen (secondary N) is 1. The number of benzene rings is 1. The molecule has 1 unspecified atom stereocenters. The van der Waals surface area contributed by atoms with Gasteiger partial charge in [-0.05, 0) is 31.9 Å². The monoisotopic (exact) mass is 280 g/mol. The lowest BCUT2D eigenvalue weighted by molar-refractivity contribution is -0.132. The van der Waals surface area contributed by atoms with E-state index in [4.69, 9.17) is 0 Å². The Labute approximate surface area is 120 Å². The van der Waals surface area contributed by atoms with Crippen molar-refractivity contribution in [3.8, 4) is 0 Å². The van der Waals surface area contributed by atoms with Crippen LogP contribution in [0.5, 0.6) is 0 Å². The summed E-state index contributed by atoms with van der Waals surface area (Å²) >= 11 is 0. The van der Waals surface area contributed by atoms with Crippen LogP contribution in [0, 0.1) is 0 Å². The van der Waals surface area contributed by atoms with Gasteiger partial charge in [0.15, 0.2) is 0 Å². The van der Waals surface area contributed by atoms with Crippen LogP contribution in [0.4, 0.5) is 0 Å². The fourth-order valence-corrected chi connectivity index (χ4v) is 2.99. The number of hydrogen-bond donors (Lipinski definition) is 1. The molecule has 3 rings (SSSR count). The average Bonchev–Trinajstić information content (AvgIpc) is 3.10. The van der Waals surface area contributed by atoms with Gasteiger partial charge in [0, 0.05) is 19.1 Å². The van der Waals surface area contributed by atoms with Crippen molar-refractivity contribution < 1.29 is 4.79 Å². The third-order valence-corrected chi connectivity index (χ3v) is 4.37. The second kappa shape index (κ2) is 5.51. The Morgan fingerprint density at radius 3 is 2.53 bits per heavy atom. The zero-order chi connectivity index (χ0) is 12.6. The molecular weight excluding hydrogens is 260 g/mol. The molecule has 19 heavy (non-hydrogen) atoms. The van der Waals surface area contributed by atoms with Gasteiger partial charge in [0.1, 0.15) is 0 Å². The molecule has 0 radical (unpaired) electrons. The molecule has 2 fully saturated rings. The highest BCUT2D eigenvalue weighted by Crippen LogP contribution is 2.49. The lowest BCUT2D eigenvalue weighted by atomic mass is 9.94. The highest BCUT2D eigenvalue weighted by atomic mass is 35.5. The van der Waals surface area contributed by atoms with Gasteiger partial charge in [-0.3, -0.25) is 4.79 Å². The smallest absolute Gasteiger partial charge is 0.233 e. The molecule has 0 spiro atoms. The van der Waals surface area contributed by atoms with E-state index in [1.165, 1.54) is 5.56 Å². The molecular formula is C15H21ClN2O. The molecule has 2 aliphatic rings. The maximum atomic E-state index is 12.7. The Bertz CT molecular complexity index is 445. The van der Waals surface area contributed by atoms with Crippen molar-refractivity contribution in [2.24, 2.45) is 0 Å². The summed E-state index contributed by atoms with van der Waals surface area (Å²) in [5, 5.41) is 3.27. The molecule has 0 aromatic heterocycles. The Morgan fingerprint density at radius 1 is 1.32 bits per heavy atom. The summed E-state index contributed by atoms with van der Waals surface area (Å²) in [6.07, 6.45) is 3.10. The Balaban J connectivity index is 0.00000133. The Hall–Kier alpha value is -1.06. The first-order valence-corrected chi connectivity index (χ1v) is 6.78.